The third kappa shape index (κ3) is 24.3. The zero-order chi connectivity index (χ0) is 89.7. The van der Waals surface area contributed by atoms with Crippen molar-refractivity contribution in [2.24, 2.45) is 17.8 Å². The van der Waals surface area contributed by atoms with E-state index in [9.17, 15) is 118 Å². The topological polar surface area (TPSA) is 581 Å². The van der Waals surface area contributed by atoms with E-state index in [2.05, 4.69) is 53.2 Å². The largest absolute Gasteiger partial charge is 0.455 e. The summed E-state index contributed by atoms with van der Waals surface area (Å²) in [5.41, 5.74) is -12.7. The highest BCUT2D eigenvalue weighted by molar-refractivity contribution is 6.04. The minimum absolute atomic E-state index is 0.0197. The number of carbonyl (C=O) groups excluding carboxylic acids is 15. The molecule has 20 atom stereocenters. The van der Waals surface area contributed by atoms with Crippen LogP contribution in [0.25, 0.3) is 0 Å². The zero-order valence-electron chi connectivity index (χ0n) is 71.8. The Morgan fingerprint density at radius 1 is 0.402 bits per heavy atom. The molecule has 4 aliphatic rings. The lowest BCUT2D eigenvalue weighted by molar-refractivity contribution is -0.181. The number of amides is 14. The maximum Gasteiger partial charge on any atom is 0.329 e. The van der Waals surface area contributed by atoms with Crippen LogP contribution in [0.15, 0.2) is 0 Å². The normalized spacial score (nSPS) is 23.9. The summed E-state index contributed by atoms with van der Waals surface area (Å²) in [5.74, 6) is -14.6. The number of hydrogen-bond donors (Lipinski definition) is 19. The fourth-order valence-electron chi connectivity index (χ4n) is 14.6. The summed E-state index contributed by atoms with van der Waals surface area (Å²) in [6, 6.07) is -10.7. The SMILES string of the molecule is CC[C@H](C)[C@H](NC(=O)[C@](C)(CC)NC(=O)[C@@H]1[C@@H](O)CCN1C(=O)C(C)(C)NC(=O)[C@](C)(CC)NC(=O)C(C)(C)NC(=O)[C@@H]1[C@@H](O)CCN1C(=O)[C@](C)(CC)NC(=O)[C@H](CC(C)C)NC(=O)[C@@H]1[C@@H](O)CCN1C(=O)[C@](C)(CC)NC(=O)[C@H](CC(C)C)NC(=O)[C@@H]1[C@@H](O)CCN1C(=O)C(C)(C)NC(C)=O)C(=O)OC(C(O)CO)C(O)C(O)CO. The first-order valence-electron chi connectivity index (χ1n) is 40.5. The number of aliphatic hydroxyl groups is 9. The molecule has 0 aliphatic carbocycles. The number of ether oxygens (including phenoxy) is 1. The second kappa shape index (κ2) is 41.1. The summed E-state index contributed by atoms with van der Waals surface area (Å²) >= 11 is 0. The number of nitrogens with zero attached hydrogens (tertiary/aromatic N) is 4. The van der Waals surface area contributed by atoms with Crippen LogP contribution in [-0.2, 0) is 76.7 Å². The average Bonchev–Trinajstić information content (AvgIpc) is 1.70. The molecule has 666 valence electrons. The summed E-state index contributed by atoms with van der Waals surface area (Å²) in [4.78, 5) is 218. The molecule has 117 heavy (non-hydrogen) atoms. The van der Waals surface area contributed by atoms with Crippen LogP contribution in [0.2, 0.25) is 0 Å². The molecule has 4 saturated heterocycles. The van der Waals surface area contributed by atoms with Crippen molar-refractivity contribution in [3.8, 4) is 0 Å². The second-order valence-electron chi connectivity index (χ2n) is 35.0. The number of esters is 1. The van der Waals surface area contributed by atoms with Crippen molar-refractivity contribution in [3.63, 3.8) is 0 Å². The molecule has 19 N–H and O–H groups in total. The van der Waals surface area contributed by atoms with Crippen molar-refractivity contribution < 1.29 is 123 Å². The predicted molar refractivity (Wildman–Crippen MR) is 420 cm³/mol. The van der Waals surface area contributed by atoms with Gasteiger partial charge >= 0.3 is 5.97 Å². The molecule has 0 aromatic heterocycles. The molecule has 4 rings (SSSR count). The Morgan fingerprint density at radius 3 is 1.09 bits per heavy atom. The first-order chi connectivity index (χ1) is 53.9. The zero-order valence-corrected chi connectivity index (χ0v) is 71.8. The Labute approximate surface area is 684 Å². The van der Waals surface area contributed by atoms with E-state index in [4.69, 9.17) is 4.74 Å². The fourth-order valence-corrected chi connectivity index (χ4v) is 14.6. The van der Waals surface area contributed by atoms with Crippen LogP contribution in [0.5, 0.6) is 0 Å². The van der Waals surface area contributed by atoms with Gasteiger partial charge in [0.2, 0.25) is 82.7 Å². The summed E-state index contributed by atoms with van der Waals surface area (Å²) < 4.78 is 5.31. The van der Waals surface area contributed by atoms with E-state index in [1.807, 2.05) is 0 Å². The smallest absolute Gasteiger partial charge is 0.329 e. The third-order valence-corrected chi connectivity index (χ3v) is 23.1. The van der Waals surface area contributed by atoms with Crippen LogP contribution in [-0.4, -0.2) is 324 Å². The number of hydrogen-bond acceptors (Lipinski definition) is 25. The number of nitrogens with one attached hydrogen (secondary N) is 10. The second-order valence-corrected chi connectivity index (χ2v) is 35.0. The van der Waals surface area contributed by atoms with Crippen LogP contribution < -0.4 is 53.2 Å². The summed E-state index contributed by atoms with van der Waals surface area (Å²) in [6.45, 7) is 28.5. The Morgan fingerprint density at radius 2 is 0.744 bits per heavy atom. The van der Waals surface area contributed by atoms with E-state index in [0.717, 1.165) is 19.6 Å². The predicted octanol–water partition coefficient (Wildman–Crippen LogP) is -4.75. The van der Waals surface area contributed by atoms with Crippen molar-refractivity contribution in [1.82, 2.24) is 72.8 Å². The molecule has 0 bridgehead atoms. The van der Waals surface area contributed by atoms with Gasteiger partial charge in [-0.1, -0.05) is 75.7 Å². The summed E-state index contributed by atoms with van der Waals surface area (Å²) in [7, 11) is 0. The highest BCUT2D eigenvalue weighted by atomic mass is 16.6. The summed E-state index contributed by atoms with van der Waals surface area (Å²) in [6.07, 6.45) is -14.4. The molecule has 4 aliphatic heterocycles. The van der Waals surface area contributed by atoms with Crippen molar-refractivity contribution in [2.45, 2.75) is 346 Å². The molecule has 4 heterocycles. The fraction of sp³-hybridized carbons (Fsp3) is 0.808. The Balaban J connectivity index is 1.49. The van der Waals surface area contributed by atoms with Crippen LogP contribution in [0.4, 0.5) is 0 Å². The van der Waals surface area contributed by atoms with Gasteiger partial charge in [-0.3, -0.25) is 67.1 Å². The molecule has 4 fully saturated rings. The van der Waals surface area contributed by atoms with Crippen LogP contribution in [0.1, 0.15) is 216 Å². The summed E-state index contributed by atoms with van der Waals surface area (Å²) in [5, 5.41) is 122. The number of likely N-dealkylation sites (tertiary alicyclic amines) is 4. The Kier molecular flexibility index (Phi) is 35.5. The third-order valence-electron chi connectivity index (χ3n) is 23.1. The van der Waals surface area contributed by atoms with Gasteiger partial charge in [0.05, 0.1) is 37.6 Å². The molecule has 39 heteroatoms. The van der Waals surface area contributed by atoms with Crippen LogP contribution >= 0.6 is 0 Å². The molecule has 4 unspecified atom stereocenters. The number of rotatable bonds is 40. The maximum absolute atomic E-state index is 14.9. The van der Waals surface area contributed by atoms with Crippen molar-refractivity contribution in [2.75, 3.05) is 39.4 Å². The maximum atomic E-state index is 14.9. The molecule has 0 aromatic carbocycles. The van der Waals surface area contributed by atoms with E-state index in [1.165, 1.54) is 90.0 Å². The molecule has 0 aromatic rings. The molecule has 0 saturated carbocycles. The van der Waals surface area contributed by atoms with Crippen LogP contribution in [0.3, 0.4) is 0 Å². The number of carbonyl (C=O) groups is 15. The lowest BCUT2D eigenvalue weighted by Crippen LogP contribution is -2.69. The lowest BCUT2D eigenvalue weighted by Gasteiger charge is -2.39. The standard InChI is InChI=1S/C78H134N14O25/c1-22-41(10)51(64(109)117-57(50(101)38-94)56(102)49(100)37-93)81-66(111)75(18,23-2)86-63(108)55-48(99)28-32-90(55)69(114)74(16,17)87-67(112)76(19,24-3)88-65(110)72(12,13)83-62(107)54-47(98)30-34-92(54)71(116)78(21,26-5)85-59(104)44(36-40(8)9)80-61(106)53-46(97)29-33-91(53)70(115)77(20,25-4)84-58(103)43(35-39(6)7)79-60(105)52-45(96)27-31-89(52)68(113)73(14,15)82-42(11)95/h39-41,43-57,93-94,96-102H,22-38H2,1-21H3,(H,79,105)(H,80,106)(H,81,111)(H,82,95)(H,83,107)(H,84,103)(H,85,104)(H,86,108)(H,87,112)(H,88,110)/t41-,43-,44-,45-,46-,47-,48-,49?,50?,51-,52-,53-,54-,55-,56?,57?,75-,76-,77-,78-/m0/s1. The van der Waals surface area contributed by atoms with Gasteiger partial charge in [-0.05, 0) is 151 Å². The Hall–Kier alpha value is -8.31. The Bertz CT molecular complexity index is 3600. The molecular weight excluding hydrogens is 1530 g/mol. The highest BCUT2D eigenvalue weighted by Gasteiger charge is 2.55. The van der Waals surface area contributed by atoms with Crippen molar-refractivity contribution >= 4 is 88.7 Å². The lowest BCUT2D eigenvalue weighted by atomic mass is 9.92. The van der Waals surface area contributed by atoms with E-state index >= 15 is 0 Å². The molecule has 14 amide bonds. The average molecular weight is 1670 g/mol. The van der Waals surface area contributed by atoms with Gasteiger partial charge in [-0.25, -0.2) is 4.79 Å². The first-order valence-corrected chi connectivity index (χ1v) is 40.5. The van der Waals surface area contributed by atoms with E-state index < -0.39 is 238 Å². The monoisotopic (exact) mass is 1670 g/mol. The van der Waals surface area contributed by atoms with Crippen LogP contribution in [0, 0.1) is 17.8 Å². The van der Waals surface area contributed by atoms with Gasteiger partial charge < -0.3 is 123 Å². The van der Waals surface area contributed by atoms with Gasteiger partial charge in [0.1, 0.15) is 99.4 Å². The molecule has 39 nitrogen and oxygen atoms in total. The van der Waals surface area contributed by atoms with Gasteiger partial charge in [0.15, 0.2) is 6.10 Å². The van der Waals surface area contributed by atoms with Gasteiger partial charge in [-0.2, -0.15) is 0 Å². The molecular formula is C78H134N14O25. The van der Waals surface area contributed by atoms with Crippen molar-refractivity contribution in [1.29, 1.82) is 0 Å². The first kappa shape index (κ1) is 101. The van der Waals surface area contributed by atoms with E-state index in [1.54, 1.807) is 55.4 Å². The highest BCUT2D eigenvalue weighted by Crippen LogP contribution is 2.31. The van der Waals surface area contributed by atoms with Crippen molar-refractivity contribution in [3.05, 3.63) is 0 Å². The molecule has 0 spiro atoms. The van der Waals surface area contributed by atoms with Gasteiger partial charge in [0.25, 0.3) is 0 Å². The van der Waals surface area contributed by atoms with E-state index in [0.29, 0.717) is 0 Å². The molecule has 0 radical (unpaired) electrons. The quantitative estimate of drug-likeness (QED) is 0.0256. The van der Waals surface area contributed by atoms with Gasteiger partial charge in [-0.15, -0.1) is 0 Å². The number of aliphatic hydroxyl groups excluding tert-OH is 9. The minimum atomic E-state index is -2.08. The minimum Gasteiger partial charge on any atom is -0.455 e. The van der Waals surface area contributed by atoms with E-state index in [-0.39, 0.29) is 109 Å². The van der Waals surface area contributed by atoms with Gasteiger partial charge in [0, 0.05) is 33.1 Å².